The zero-order chi connectivity index (χ0) is 12.3. The molecule has 1 aromatic rings. The lowest BCUT2D eigenvalue weighted by molar-refractivity contribution is 0.279. The van der Waals surface area contributed by atoms with E-state index in [9.17, 15) is 0 Å². The Balaban J connectivity index is 2.16. The van der Waals surface area contributed by atoms with Crippen LogP contribution < -0.4 is 10.6 Å². The van der Waals surface area contributed by atoms with Gasteiger partial charge in [-0.1, -0.05) is 11.6 Å². The molecule has 1 aromatic heterocycles. The Kier molecular flexibility index (Phi) is 4.07. The van der Waals surface area contributed by atoms with Crippen LogP contribution >= 0.6 is 11.6 Å². The molecule has 1 unspecified atom stereocenters. The maximum absolute atomic E-state index is 8.90. The number of aliphatic hydroxyl groups is 1. The standard InChI is InChI=1S/C12H18ClN3O/c13-11-6-5-10(14)12(15-11)16-7-1-3-9(16)4-2-8-17/h5-6,9,17H,1-4,7-8,14H2. The first kappa shape index (κ1) is 12.5. The molecular weight excluding hydrogens is 238 g/mol. The van der Waals surface area contributed by atoms with Crippen molar-refractivity contribution in [2.45, 2.75) is 31.7 Å². The highest BCUT2D eigenvalue weighted by atomic mass is 35.5. The van der Waals surface area contributed by atoms with Gasteiger partial charge in [0.1, 0.15) is 5.15 Å². The van der Waals surface area contributed by atoms with Crippen LogP contribution in [0.5, 0.6) is 0 Å². The van der Waals surface area contributed by atoms with E-state index in [1.807, 2.05) is 0 Å². The van der Waals surface area contributed by atoms with Gasteiger partial charge in [0.2, 0.25) is 0 Å². The molecule has 1 atom stereocenters. The fourth-order valence-corrected chi connectivity index (χ4v) is 2.55. The van der Waals surface area contributed by atoms with Crippen LogP contribution in [-0.4, -0.2) is 29.3 Å². The van der Waals surface area contributed by atoms with Gasteiger partial charge in [-0.25, -0.2) is 4.98 Å². The number of anilines is 2. The second kappa shape index (κ2) is 5.56. The summed E-state index contributed by atoms with van der Waals surface area (Å²) in [6.45, 7) is 1.20. The summed E-state index contributed by atoms with van der Waals surface area (Å²) < 4.78 is 0. The monoisotopic (exact) mass is 255 g/mol. The van der Waals surface area contributed by atoms with Crippen molar-refractivity contribution in [1.29, 1.82) is 0 Å². The van der Waals surface area contributed by atoms with Gasteiger partial charge < -0.3 is 15.7 Å². The number of aromatic nitrogens is 1. The van der Waals surface area contributed by atoms with Gasteiger partial charge in [-0.15, -0.1) is 0 Å². The van der Waals surface area contributed by atoms with Crippen LogP contribution in [0.2, 0.25) is 5.15 Å². The quantitative estimate of drug-likeness (QED) is 0.809. The van der Waals surface area contributed by atoms with Crippen LogP contribution in [0, 0.1) is 0 Å². The normalized spacial score (nSPS) is 19.9. The van der Waals surface area contributed by atoms with Crippen molar-refractivity contribution in [3.05, 3.63) is 17.3 Å². The van der Waals surface area contributed by atoms with Crippen molar-refractivity contribution >= 4 is 23.1 Å². The minimum absolute atomic E-state index is 0.239. The van der Waals surface area contributed by atoms with Crippen LogP contribution in [-0.2, 0) is 0 Å². The maximum Gasteiger partial charge on any atom is 0.153 e. The van der Waals surface area contributed by atoms with Gasteiger partial charge in [-0.3, -0.25) is 0 Å². The fourth-order valence-electron chi connectivity index (χ4n) is 2.41. The lowest BCUT2D eigenvalue weighted by Gasteiger charge is -2.26. The van der Waals surface area contributed by atoms with Gasteiger partial charge in [0.25, 0.3) is 0 Å². The van der Waals surface area contributed by atoms with Crippen molar-refractivity contribution in [2.75, 3.05) is 23.8 Å². The van der Waals surface area contributed by atoms with E-state index in [-0.39, 0.29) is 6.61 Å². The Morgan fingerprint density at radius 1 is 1.53 bits per heavy atom. The molecule has 3 N–H and O–H groups in total. The van der Waals surface area contributed by atoms with Gasteiger partial charge >= 0.3 is 0 Å². The Labute approximate surface area is 106 Å². The van der Waals surface area contributed by atoms with Gasteiger partial charge in [-0.2, -0.15) is 0 Å². The van der Waals surface area contributed by atoms with E-state index in [0.29, 0.717) is 16.9 Å². The molecule has 1 aliphatic heterocycles. The first-order valence-corrected chi connectivity index (χ1v) is 6.39. The van der Waals surface area contributed by atoms with Gasteiger partial charge in [0.05, 0.1) is 5.69 Å². The number of nitrogens with zero attached hydrogens (tertiary/aromatic N) is 2. The van der Waals surface area contributed by atoms with E-state index in [1.54, 1.807) is 12.1 Å². The third-order valence-corrected chi connectivity index (χ3v) is 3.43. The molecule has 0 aromatic carbocycles. The fraction of sp³-hybridized carbons (Fsp3) is 0.583. The SMILES string of the molecule is Nc1ccc(Cl)nc1N1CCCC1CCCO. The zero-order valence-electron chi connectivity index (χ0n) is 9.77. The second-order valence-corrected chi connectivity index (χ2v) is 4.79. The number of hydrogen-bond donors (Lipinski definition) is 2. The summed E-state index contributed by atoms with van der Waals surface area (Å²) in [6, 6.07) is 3.93. The van der Waals surface area contributed by atoms with E-state index in [2.05, 4.69) is 9.88 Å². The van der Waals surface area contributed by atoms with E-state index < -0.39 is 0 Å². The summed E-state index contributed by atoms with van der Waals surface area (Å²) in [6.07, 6.45) is 4.07. The molecule has 5 heteroatoms. The number of pyridine rings is 1. The minimum atomic E-state index is 0.239. The summed E-state index contributed by atoms with van der Waals surface area (Å²) in [4.78, 5) is 6.54. The molecule has 0 saturated carbocycles. The van der Waals surface area contributed by atoms with E-state index >= 15 is 0 Å². The summed E-state index contributed by atoms with van der Waals surface area (Å²) in [5, 5.41) is 9.38. The number of halogens is 1. The van der Waals surface area contributed by atoms with Crippen molar-refractivity contribution in [3.8, 4) is 0 Å². The number of nitrogens with two attached hydrogens (primary N) is 1. The van der Waals surface area contributed by atoms with E-state index in [4.69, 9.17) is 22.4 Å². The topological polar surface area (TPSA) is 62.4 Å². The first-order valence-electron chi connectivity index (χ1n) is 6.02. The summed E-state index contributed by atoms with van der Waals surface area (Å²) in [5.74, 6) is 0.790. The number of hydrogen-bond acceptors (Lipinski definition) is 4. The number of aliphatic hydroxyl groups excluding tert-OH is 1. The van der Waals surface area contributed by atoms with Crippen molar-refractivity contribution in [1.82, 2.24) is 4.98 Å². The summed E-state index contributed by atoms with van der Waals surface area (Å²) in [7, 11) is 0. The molecule has 0 radical (unpaired) electrons. The molecule has 1 fully saturated rings. The molecule has 17 heavy (non-hydrogen) atoms. The van der Waals surface area contributed by atoms with Gasteiger partial charge in [0, 0.05) is 19.2 Å². The van der Waals surface area contributed by atoms with Gasteiger partial charge in [-0.05, 0) is 37.8 Å². The molecule has 2 rings (SSSR count). The lowest BCUT2D eigenvalue weighted by Crippen LogP contribution is -2.30. The largest absolute Gasteiger partial charge is 0.396 e. The molecule has 1 aliphatic rings. The minimum Gasteiger partial charge on any atom is -0.396 e. The van der Waals surface area contributed by atoms with Crippen LogP contribution in [0.15, 0.2) is 12.1 Å². The maximum atomic E-state index is 8.90. The lowest BCUT2D eigenvalue weighted by atomic mass is 10.1. The third-order valence-electron chi connectivity index (χ3n) is 3.22. The predicted octanol–water partition coefficient (Wildman–Crippen LogP) is 2.06. The molecular formula is C12H18ClN3O. The molecule has 4 nitrogen and oxygen atoms in total. The Bertz CT molecular complexity index is 386. The Morgan fingerprint density at radius 3 is 3.12 bits per heavy atom. The van der Waals surface area contributed by atoms with E-state index in [0.717, 1.165) is 38.0 Å². The van der Waals surface area contributed by atoms with E-state index in [1.165, 1.54) is 0 Å². The average molecular weight is 256 g/mol. The summed E-state index contributed by atoms with van der Waals surface area (Å²) >= 11 is 5.91. The highest BCUT2D eigenvalue weighted by Gasteiger charge is 2.26. The molecule has 1 saturated heterocycles. The van der Waals surface area contributed by atoms with Crippen LogP contribution in [0.1, 0.15) is 25.7 Å². The average Bonchev–Trinajstić information content (AvgIpc) is 2.77. The second-order valence-electron chi connectivity index (χ2n) is 4.40. The molecule has 94 valence electrons. The smallest absolute Gasteiger partial charge is 0.153 e. The number of nitrogen functional groups attached to an aromatic ring is 1. The highest BCUT2D eigenvalue weighted by molar-refractivity contribution is 6.29. The molecule has 0 amide bonds. The molecule has 0 aliphatic carbocycles. The first-order chi connectivity index (χ1) is 8.22. The number of rotatable bonds is 4. The predicted molar refractivity (Wildman–Crippen MR) is 70.3 cm³/mol. The van der Waals surface area contributed by atoms with Crippen LogP contribution in [0.3, 0.4) is 0 Å². The summed E-state index contributed by atoms with van der Waals surface area (Å²) in [5.41, 5.74) is 6.62. The molecule has 2 heterocycles. The van der Waals surface area contributed by atoms with Crippen molar-refractivity contribution in [3.63, 3.8) is 0 Å². The zero-order valence-corrected chi connectivity index (χ0v) is 10.5. The Hall–Kier alpha value is -1.00. The molecule has 0 spiro atoms. The van der Waals surface area contributed by atoms with Gasteiger partial charge in [0.15, 0.2) is 5.82 Å². The third kappa shape index (κ3) is 2.82. The van der Waals surface area contributed by atoms with Crippen molar-refractivity contribution in [2.24, 2.45) is 0 Å². The van der Waals surface area contributed by atoms with Crippen LogP contribution in [0.25, 0.3) is 0 Å². The molecule has 0 bridgehead atoms. The Morgan fingerprint density at radius 2 is 2.35 bits per heavy atom. The highest BCUT2D eigenvalue weighted by Crippen LogP contribution is 2.31. The van der Waals surface area contributed by atoms with Crippen molar-refractivity contribution < 1.29 is 5.11 Å². The van der Waals surface area contributed by atoms with Crippen LogP contribution in [0.4, 0.5) is 11.5 Å².